The first-order valence-electron chi connectivity index (χ1n) is 3.87. The molecule has 1 radical (unpaired) electrons. The second-order valence-electron chi connectivity index (χ2n) is 2.76. The van der Waals surface area contributed by atoms with Gasteiger partial charge in [-0.15, -0.1) is 0 Å². The molecule has 0 spiro atoms. The molecule has 2 nitrogen and oxygen atoms in total. The van der Waals surface area contributed by atoms with Crippen LogP contribution in [-0.2, 0) is 16.9 Å². The Labute approximate surface area is 75.2 Å². The molecule has 0 amide bonds. The van der Waals surface area contributed by atoms with Crippen molar-refractivity contribution in [3.8, 4) is 0 Å². The van der Waals surface area contributed by atoms with Gasteiger partial charge in [-0.3, -0.25) is 0 Å². The first-order valence-corrected chi connectivity index (χ1v) is 5.36. The van der Waals surface area contributed by atoms with Crippen LogP contribution in [0.3, 0.4) is 0 Å². The molecule has 0 aromatic heterocycles. The zero-order valence-electron chi connectivity index (χ0n) is 6.62. The average molecular weight is 180 g/mol. The van der Waals surface area contributed by atoms with Gasteiger partial charge in [0.1, 0.15) is 11.5 Å². The lowest BCUT2D eigenvalue weighted by atomic mass is 10.2. The summed E-state index contributed by atoms with van der Waals surface area (Å²) in [6.07, 6.45) is 0. The van der Waals surface area contributed by atoms with Crippen molar-refractivity contribution >= 4 is 16.9 Å². The summed E-state index contributed by atoms with van der Waals surface area (Å²) in [4.78, 5) is 0. The third kappa shape index (κ3) is 1.57. The molecule has 1 aliphatic rings. The quantitative estimate of drug-likeness (QED) is 0.614. The van der Waals surface area contributed by atoms with E-state index in [2.05, 4.69) is 5.32 Å². The van der Waals surface area contributed by atoms with Crippen molar-refractivity contribution in [3.05, 3.63) is 36.4 Å². The Kier molecular flexibility index (Phi) is 2.23. The minimum Gasteiger partial charge on any atom is -0.616 e. The molecule has 1 aromatic carbocycles. The first kappa shape index (κ1) is 7.95. The van der Waals surface area contributed by atoms with E-state index in [-0.39, 0.29) is 0 Å². The van der Waals surface area contributed by atoms with Gasteiger partial charge in [0.15, 0.2) is 0 Å². The number of rotatable bonds is 0. The molecule has 1 aromatic rings. The van der Waals surface area contributed by atoms with E-state index in [0.717, 1.165) is 11.3 Å². The summed E-state index contributed by atoms with van der Waals surface area (Å²) in [5.41, 5.74) is 2.23. The van der Waals surface area contributed by atoms with E-state index >= 15 is 0 Å². The Morgan fingerprint density at radius 2 is 2.17 bits per heavy atom. The smallest absolute Gasteiger partial charge is 0.132 e. The van der Waals surface area contributed by atoms with E-state index in [1.54, 1.807) is 0 Å². The second kappa shape index (κ2) is 3.37. The SMILES string of the molecule is [O-][S+]1C[CH]Nc2ccccc2C1. The normalized spacial score (nSPS) is 22.2. The molecule has 2 rings (SSSR count). The molecule has 3 heteroatoms. The summed E-state index contributed by atoms with van der Waals surface area (Å²) in [7, 11) is 0. The van der Waals surface area contributed by atoms with Gasteiger partial charge in [0, 0.05) is 11.3 Å². The first-order chi connectivity index (χ1) is 5.86. The Balaban J connectivity index is 2.31. The van der Waals surface area contributed by atoms with Crippen LogP contribution in [0.15, 0.2) is 24.3 Å². The van der Waals surface area contributed by atoms with Gasteiger partial charge in [0.25, 0.3) is 0 Å². The van der Waals surface area contributed by atoms with Gasteiger partial charge in [-0.05, 0) is 17.2 Å². The van der Waals surface area contributed by atoms with E-state index in [1.165, 1.54) is 0 Å². The number of fused-ring (bicyclic) bond motifs is 1. The average Bonchev–Trinajstić information content (AvgIpc) is 2.25. The van der Waals surface area contributed by atoms with Crippen LogP contribution in [0, 0.1) is 6.54 Å². The monoisotopic (exact) mass is 180 g/mol. The van der Waals surface area contributed by atoms with Crippen LogP contribution in [0.25, 0.3) is 0 Å². The molecule has 1 unspecified atom stereocenters. The molecule has 0 saturated heterocycles. The van der Waals surface area contributed by atoms with E-state index in [0.29, 0.717) is 11.5 Å². The molecule has 1 atom stereocenters. The van der Waals surface area contributed by atoms with E-state index in [9.17, 15) is 4.55 Å². The maximum Gasteiger partial charge on any atom is 0.132 e. The molecule has 63 valence electrons. The van der Waals surface area contributed by atoms with Crippen LogP contribution >= 0.6 is 0 Å². The minimum atomic E-state index is -0.737. The lowest BCUT2D eigenvalue weighted by Crippen LogP contribution is -2.08. The fourth-order valence-corrected chi connectivity index (χ4v) is 2.25. The fraction of sp³-hybridized carbons (Fsp3) is 0.222. The van der Waals surface area contributed by atoms with E-state index < -0.39 is 11.2 Å². The molecule has 0 saturated carbocycles. The molecular formula is C9H10NOS. The predicted molar refractivity (Wildman–Crippen MR) is 51.1 cm³/mol. The van der Waals surface area contributed by atoms with Crippen molar-refractivity contribution in [2.75, 3.05) is 11.1 Å². The third-order valence-electron chi connectivity index (χ3n) is 1.86. The van der Waals surface area contributed by atoms with Gasteiger partial charge >= 0.3 is 0 Å². The Bertz CT molecular complexity index is 277. The highest BCUT2D eigenvalue weighted by molar-refractivity contribution is 7.90. The van der Waals surface area contributed by atoms with Gasteiger partial charge in [-0.2, -0.15) is 0 Å². The van der Waals surface area contributed by atoms with Gasteiger partial charge in [0.2, 0.25) is 0 Å². The zero-order chi connectivity index (χ0) is 8.39. The lowest BCUT2D eigenvalue weighted by molar-refractivity contribution is 0.597. The second-order valence-corrected chi connectivity index (χ2v) is 4.26. The van der Waals surface area contributed by atoms with Crippen LogP contribution in [0.4, 0.5) is 5.69 Å². The van der Waals surface area contributed by atoms with Gasteiger partial charge in [-0.1, -0.05) is 18.2 Å². The Morgan fingerprint density at radius 3 is 3.08 bits per heavy atom. The Hall–Kier alpha value is -0.670. The van der Waals surface area contributed by atoms with Crippen LogP contribution in [-0.4, -0.2) is 10.3 Å². The highest BCUT2D eigenvalue weighted by atomic mass is 32.2. The van der Waals surface area contributed by atoms with Crippen LogP contribution in [0.1, 0.15) is 5.56 Å². The lowest BCUT2D eigenvalue weighted by Gasteiger charge is -2.06. The highest BCUT2D eigenvalue weighted by Crippen LogP contribution is 2.21. The third-order valence-corrected chi connectivity index (χ3v) is 3.03. The molecule has 0 aliphatic carbocycles. The highest BCUT2D eigenvalue weighted by Gasteiger charge is 2.15. The molecule has 12 heavy (non-hydrogen) atoms. The van der Waals surface area contributed by atoms with Gasteiger partial charge < -0.3 is 9.87 Å². The summed E-state index contributed by atoms with van der Waals surface area (Å²) in [6.45, 7) is 1.86. The number of benzene rings is 1. The standard InChI is InChI=1S/C9H10NOS/c11-12-6-5-10-9-4-2-1-3-8(9)7-12/h1-5,10H,6-7H2. The molecule has 1 aliphatic heterocycles. The van der Waals surface area contributed by atoms with Gasteiger partial charge in [-0.25, -0.2) is 0 Å². The van der Waals surface area contributed by atoms with Crippen LogP contribution < -0.4 is 5.32 Å². The number of nitrogens with one attached hydrogen (secondary N) is 1. The molecule has 1 N–H and O–H groups in total. The van der Waals surface area contributed by atoms with Gasteiger partial charge in [0.05, 0.1) is 6.54 Å². The number of hydrogen-bond acceptors (Lipinski definition) is 2. The number of anilines is 1. The van der Waals surface area contributed by atoms with Crippen molar-refractivity contribution < 1.29 is 4.55 Å². The van der Waals surface area contributed by atoms with Crippen molar-refractivity contribution in [1.29, 1.82) is 0 Å². The zero-order valence-corrected chi connectivity index (χ0v) is 7.43. The topological polar surface area (TPSA) is 35.1 Å². The van der Waals surface area contributed by atoms with Crippen LogP contribution in [0.5, 0.6) is 0 Å². The summed E-state index contributed by atoms with van der Waals surface area (Å²) in [5.74, 6) is 1.30. The summed E-state index contributed by atoms with van der Waals surface area (Å²) in [5, 5.41) is 3.14. The minimum absolute atomic E-state index is 0.634. The fourth-order valence-electron chi connectivity index (χ4n) is 1.26. The largest absolute Gasteiger partial charge is 0.616 e. The molecule has 0 bridgehead atoms. The maximum absolute atomic E-state index is 11.3. The van der Waals surface area contributed by atoms with E-state index in [1.807, 2.05) is 30.8 Å². The van der Waals surface area contributed by atoms with Crippen molar-refractivity contribution in [2.45, 2.75) is 5.75 Å². The van der Waals surface area contributed by atoms with Crippen molar-refractivity contribution in [3.63, 3.8) is 0 Å². The van der Waals surface area contributed by atoms with Crippen molar-refractivity contribution in [1.82, 2.24) is 0 Å². The summed E-state index contributed by atoms with van der Waals surface area (Å²) in [6, 6.07) is 7.98. The number of hydrogen-bond donors (Lipinski definition) is 1. The molecular weight excluding hydrogens is 170 g/mol. The Morgan fingerprint density at radius 1 is 1.33 bits per heavy atom. The molecule has 0 fully saturated rings. The summed E-state index contributed by atoms with van der Waals surface area (Å²) < 4.78 is 11.3. The predicted octanol–water partition coefficient (Wildman–Crippen LogP) is 1.52. The van der Waals surface area contributed by atoms with Crippen LogP contribution in [0.2, 0.25) is 0 Å². The number of para-hydroxylation sites is 1. The summed E-state index contributed by atoms with van der Waals surface area (Å²) >= 11 is -0.737. The van der Waals surface area contributed by atoms with Crippen molar-refractivity contribution in [2.24, 2.45) is 0 Å². The maximum atomic E-state index is 11.3. The van der Waals surface area contributed by atoms with E-state index in [4.69, 9.17) is 0 Å². The molecule has 1 heterocycles.